The molecule has 0 aliphatic carbocycles. The predicted molar refractivity (Wildman–Crippen MR) is 69.8 cm³/mol. The molecule has 1 saturated heterocycles. The molecule has 1 aromatic carbocycles. The van der Waals surface area contributed by atoms with Crippen LogP contribution in [0.2, 0.25) is 0 Å². The Hall–Kier alpha value is -1.13. The monoisotopic (exact) mass is 236 g/mol. The van der Waals surface area contributed by atoms with Crippen molar-refractivity contribution in [1.29, 1.82) is 0 Å². The van der Waals surface area contributed by atoms with Crippen molar-refractivity contribution in [3.63, 3.8) is 0 Å². The largest absolute Gasteiger partial charge is 0.359 e. The van der Waals surface area contributed by atoms with Crippen LogP contribution in [-0.2, 0) is 4.74 Å². The van der Waals surface area contributed by atoms with E-state index in [4.69, 9.17) is 17.0 Å². The molecule has 1 heterocycles. The molecule has 86 valence electrons. The molecular formula is C12H16N2OS. The van der Waals surface area contributed by atoms with Gasteiger partial charge in [-0.2, -0.15) is 0 Å². The molecule has 0 aromatic heterocycles. The number of nitrogens with one attached hydrogen (secondary N) is 1. The van der Waals surface area contributed by atoms with Crippen molar-refractivity contribution in [1.82, 2.24) is 5.32 Å². The van der Waals surface area contributed by atoms with Crippen LogP contribution in [0.3, 0.4) is 0 Å². The predicted octanol–water partition coefficient (Wildman–Crippen LogP) is 1.97. The molecule has 0 amide bonds. The van der Waals surface area contributed by atoms with E-state index in [9.17, 15) is 0 Å². The molecule has 1 fully saturated rings. The van der Waals surface area contributed by atoms with Crippen LogP contribution in [0.1, 0.15) is 11.1 Å². The first-order chi connectivity index (χ1) is 7.63. The Balaban J connectivity index is 2.35. The normalized spacial score (nSPS) is 20.1. The third-order valence-electron chi connectivity index (χ3n) is 2.98. The Labute approximate surface area is 101 Å². The summed E-state index contributed by atoms with van der Waals surface area (Å²) in [5.41, 5.74) is 3.64. The summed E-state index contributed by atoms with van der Waals surface area (Å²) in [6.07, 6.45) is -0.00499. The zero-order valence-corrected chi connectivity index (χ0v) is 10.6. The highest BCUT2D eigenvalue weighted by Crippen LogP contribution is 2.23. The van der Waals surface area contributed by atoms with E-state index in [0.29, 0.717) is 0 Å². The van der Waals surface area contributed by atoms with Crippen molar-refractivity contribution < 1.29 is 4.74 Å². The van der Waals surface area contributed by atoms with Gasteiger partial charge in [0, 0.05) is 12.8 Å². The van der Waals surface area contributed by atoms with E-state index in [2.05, 4.69) is 37.4 Å². The molecule has 2 rings (SSSR count). The standard InChI is InChI=1S/C12H16N2OS/c1-8-4-5-10(6-9(8)2)14-11(15-3)7-13-12(14)16/h4-6,11H,7H2,1-3H3,(H,13,16). The van der Waals surface area contributed by atoms with E-state index in [1.165, 1.54) is 11.1 Å². The number of anilines is 1. The first kappa shape index (κ1) is 11.4. The minimum absolute atomic E-state index is 0.00499. The van der Waals surface area contributed by atoms with E-state index in [1.807, 2.05) is 4.90 Å². The number of ether oxygens (including phenoxy) is 1. The van der Waals surface area contributed by atoms with Gasteiger partial charge in [-0.1, -0.05) is 6.07 Å². The molecular weight excluding hydrogens is 220 g/mol. The lowest BCUT2D eigenvalue weighted by molar-refractivity contribution is 0.123. The zero-order valence-electron chi connectivity index (χ0n) is 9.78. The van der Waals surface area contributed by atoms with Crippen molar-refractivity contribution >= 4 is 23.0 Å². The Morgan fingerprint density at radius 2 is 2.12 bits per heavy atom. The summed E-state index contributed by atoms with van der Waals surface area (Å²) < 4.78 is 5.39. The lowest BCUT2D eigenvalue weighted by atomic mass is 10.1. The van der Waals surface area contributed by atoms with Gasteiger partial charge in [0.05, 0.1) is 6.54 Å². The molecule has 1 unspecified atom stereocenters. The minimum Gasteiger partial charge on any atom is -0.359 e. The van der Waals surface area contributed by atoms with Gasteiger partial charge in [0.25, 0.3) is 0 Å². The first-order valence-corrected chi connectivity index (χ1v) is 5.71. The SMILES string of the molecule is COC1CNC(=S)N1c1ccc(C)c(C)c1. The molecule has 0 radical (unpaired) electrons. The molecule has 16 heavy (non-hydrogen) atoms. The van der Waals surface area contributed by atoms with Crippen LogP contribution in [0.5, 0.6) is 0 Å². The molecule has 3 nitrogen and oxygen atoms in total. The Morgan fingerprint density at radius 3 is 2.75 bits per heavy atom. The quantitative estimate of drug-likeness (QED) is 0.794. The second-order valence-electron chi connectivity index (χ2n) is 4.01. The Bertz CT molecular complexity index is 419. The highest BCUT2D eigenvalue weighted by atomic mass is 32.1. The van der Waals surface area contributed by atoms with Crippen molar-refractivity contribution in [2.24, 2.45) is 0 Å². The van der Waals surface area contributed by atoms with Gasteiger partial charge < -0.3 is 10.1 Å². The van der Waals surface area contributed by atoms with Gasteiger partial charge in [-0.15, -0.1) is 0 Å². The fourth-order valence-electron chi connectivity index (χ4n) is 1.83. The number of hydrogen-bond donors (Lipinski definition) is 1. The maximum Gasteiger partial charge on any atom is 0.175 e. The lowest BCUT2D eigenvalue weighted by Crippen LogP contribution is -2.35. The van der Waals surface area contributed by atoms with Crippen molar-refractivity contribution in [2.75, 3.05) is 18.6 Å². The maximum absolute atomic E-state index is 5.39. The van der Waals surface area contributed by atoms with Gasteiger partial charge in [0.15, 0.2) is 11.3 Å². The summed E-state index contributed by atoms with van der Waals surface area (Å²) in [5.74, 6) is 0. The summed E-state index contributed by atoms with van der Waals surface area (Å²) in [7, 11) is 1.70. The van der Waals surface area contributed by atoms with Gasteiger partial charge in [-0.3, -0.25) is 4.90 Å². The van der Waals surface area contributed by atoms with Crippen LogP contribution in [0, 0.1) is 13.8 Å². The first-order valence-electron chi connectivity index (χ1n) is 5.30. The van der Waals surface area contributed by atoms with Crippen molar-refractivity contribution in [3.05, 3.63) is 29.3 Å². The average molecular weight is 236 g/mol. The van der Waals surface area contributed by atoms with Crippen molar-refractivity contribution in [2.45, 2.75) is 20.1 Å². The third kappa shape index (κ3) is 1.90. The maximum atomic E-state index is 5.39. The van der Waals surface area contributed by atoms with Crippen LogP contribution in [0.25, 0.3) is 0 Å². The highest BCUT2D eigenvalue weighted by molar-refractivity contribution is 7.80. The number of nitrogens with zero attached hydrogens (tertiary/aromatic N) is 1. The summed E-state index contributed by atoms with van der Waals surface area (Å²) in [6.45, 7) is 4.95. The van der Waals surface area contributed by atoms with Gasteiger partial charge in [0.2, 0.25) is 0 Å². The van der Waals surface area contributed by atoms with E-state index >= 15 is 0 Å². The molecule has 1 aliphatic heterocycles. The van der Waals surface area contributed by atoms with E-state index in [-0.39, 0.29) is 6.23 Å². The van der Waals surface area contributed by atoms with Crippen LogP contribution in [0.4, 0.5) is 5.69 Å². The number of methoxy groups -OCH3 is 1. The van der Waals surface area contributed by atoms with E-state index in [0.717, 1.165) is 17.3 Å². The van der Waals surface area contributed by atoms with Crippen LogP contribution in [-0.4, -0.2) is 25.0 Å². The second kappa shape index (κ2) is 4.39. The van der Waals surface area contributed by atoms with E-state index in [1.54, 1.807) is 7.11 Å². The molecule has 1 aromatic rings. The third-order valence-corrected chi connectivity index (χ3v) is 3.32. The lowest BCUT2D eigenvalue weighted by Gasteiger charge is -2.24. The zero-order chi connectivity index (χ0) is 11.7. The molecule has 1 atom stereocenters. The molecule has 1 N–H and O–H groups in total. The smallest absolute Gasteiger partial charge is 0.175 e. The average Bonchev–Trinajstić information content (AvgIpc) is 2.64. The molecule has 4 heteroatoms. The molecule has 0 spiro atoms. The molecule has 1 aliphatic rings. The summed E-state index contributed by atoms with van der Waals surface area (Å²) in [4.78, 5) is 2.02. The fourth-order valence-corrected chi connectivity index (χ4v) is 2.14. The van der Waals surface area contributed by atoms with Gasteiger partial charge in [-0.25, -0.2) is 0 Å². The summed E-state index contributed by atoms with van der Waals surface area (Å²) in [5, 5.41) is 3.87. The van der Waals surface area contributed by atoms with Crippen molar-refractivity contribution in [3.8, 4) is 0 Å². The Morgan fingerprint density at radius 1 is 1.38 bits per heavy atom. The highest BCUT2D eigenvalue weighted by Gasteiger charge is 2.28. The number of rotatable bonds is 2. The number of thiocarbonyl (C=S) groups is 1. The number of benzene rings is 1. The van der Waals surface area contributed by atoms with Gasteiger partial charge >= 0.3 is 0 Å². The topological polar surface area (TPSA) is 24.5 Å². The minimum atomic E-state index is -0.00499. The summed E-state index contributed by atoms with van der Waals surface area (Å²) in [6, 6.07) is 6.33. The molecule has 0 bridgehead atoms. The number of aryl methyl sites for hydroxylation is 2. The Kier molecular flexibility index (Phi) is 3.12. The van der Waals surface area contributed by atoms with Crippen LogP contribution in [0.15, 0.2) is 18.2 Å². The van der Waals surface area contributed by atoms with Gasteiger partial charge in [0.1, 0.15) is 0 Å². The molecule has 0 saturated carbocycles. The fraction of sp³-hybridized carbons (Fsp3) is 0.417. The van der Waals surface area contributed by atoms with Crippen LogP contribution < -0.4 is 10.2 Å². The summed E-state index contributed by atoms with van der Waals surface area (Å²) >= 11 is 5.28. The second-order valence-corrected chi connectivity index (χ2v) is 4.40. The van der Waals surface area contributed by atoms with E-state index < -0.39 is 0 Å². The number of hydrogen-bond acceptors (Lipinski definition) is 2. The van der Waals surface area contributed by atoms with Gasteiger partial charge in [-0.05, 0) is 49.3 Å². The van der Waals surface area contributed by atoms with Crippen LogP contribution >= 0.6 is 12.2 Å².